The fourth-order valence-electron chi connectivity index (χ4n) is 0.899. The number of fused-ring (bicyclic) bond motifs is 1. The molecular formula is C8H6NO. The van der Waals surface area contributed by atoms with Crippen molar-refractivity contribution >= 4 is 11.9 Å². The van der Waals surface area contributed by atoms with Crippen molar-refractivity contribution in [2.24, 2.45) is 4.99 Å². The largest absolute Gasteiger partial charge is 0.485 e. The molecule has 0 amide bonds. The van der Waals surface area contributed by atoms with Gasteiger partial charge in [-0.3, -0.25) is 0 Å². The van der Waals surface area contributed by atoms with Crippen molar-refractivity contribution in [3.63, 3.8) is 0 Å². The molecule has 0 saturated heterocycles. The van der Waals surface area contributed by atoms with E-state index in [1.165, 1.54) is 0 Å². The van der Waals surface area contributed by atoms with Crippen LogP contribution in [0.15, 0.2) is 29.3 Å². The molecule has 10 heavy (non-hydrogen) atoms. The van der Waals surface area contributed by atoms with Gasteiger partial charge in [0.2, 0.25) is 0 Å². The van der Waals surface area contributed by atoms with Gasteiger partial charge in [0.25, 0.3) is 0 Å². The van der Waals surface area contributed by atoms with Crippen LogP contribution in [0.25, 0.3) is 0 Å². The summed E-state index contributed by atoms with van der Waals surface area (Å²) in [6.07, 6.45) is 2.74. The summed E-state index contributed by atoms with van der Waals surface area (Å²) in [5.74, 6) is 0.848. The van der Waals surface area contributed by atoms with Crippen LogP contribution in [-0.2, 0) is 0 Å². The number of para-hydroxylation sites is 2. The third-order valence-electron chi connectivity index (χ3n) is 1.36. The first-order valence-electron chi connectivity index (χ1n) is 3.12. The molecule has 0 aliphatic carbocycles. The minimum absolute atomic E-state index is 0.469. The van der Waals surface area contributed by atoms with Crippen LogP contribution in [0.3, 0.4) is 0 Å². The molecule has 1 radical (unpaired) electrons. The Balaban J connectivity index is 2.54. The van der Waals surface area contributed by atoms with Crippen molar-refractivity contribution in [1.82, 2.24) is 0 Å². The van der Waals surface area contributed by atoms with Crippen LogP contribution in [0, 0.1) is 0 Å². The van der Waals surface area contributed by atoms with Crippen LogP contribution in [0.2, 0.25) is 0 Å². The zero-order valence-corrected chi connectivity index (χ0v) is 5.37. The van der Waals surface area contributed by atoms with Crippen molar-refractivity contribution in [2.45, 2.75) is 0 Å². The molecule has 0 N–H and O–H groups in total. The average molecular weight is 132 g/mol. The van der Waals surface area contributed by atoms with Crippen LogP contribution in [0.5, 0.6) is 5.75 Å². The summed E-state index contributed by atoms with van der Waals surface area (Å²) in [6, 6.07) is 7.67. The number of ether oxygens (including phenoxy) is 1. The summed E-state index contributed by atoms with van der Waals surface area (Å²) < 4.78 is 5.22. The van der Waals surface area contributed by atoms with Crippen LogP contribution in [0.1, 0.15) is 0 Å². The summed E-state index contributed by atoms with van der Waals surface area (Å²) in [5.41, 5.74) is 0.869. The van der Waals surface area contributed by atoms with E-state index in [2.05, 4.69) is 11.2 Å². The number of hydrogen-bond donors (Lipinski definition) is 0. The van der Waals surface area contributed by atoms with Gasteiger partial charge in [-0.1, -0.05) is 12.1 Å². The highest BCUT2D eigenvalue weighted by atomic mass is 16.5. The maximum atomic E-state index is 5.22. The van der Waals surface area contributed by atoms with E-state index in [1.807, 2.05) is 24.3 Å². The first-order chi connectivity index (χ1) is 4.97. The Morgan fingerprint density at radius 1 is 1.40 bits per heavy atom. The smallest absolute Gasteiger partial charge is 0.145 e. The quantitative estimate of drug-likeness (QED) is 0.526. The molecule has 0 aromatic heterocycles. The van der Waals surface area contributed by atoms with Gasteiger partial charge in [-0.25, -0.2) is 4.99 Å². The lowest BCUT2D eigenvalue weighted by Crippen LogP contribution is -2.01. The lowest BCUT2D eigenvalue weighted by atomic mass is 10.3. The topological polar surface area (TPSA) is 21.6 Å². The highest BCUT2D eigenvalue weighted by Crippen LogP contribution is 2.27. The minimum Gasteiger partial charge on any atom is -0.485 e. The Labute approximate surface area is 59.2 Å². The number of hydrogen-bond acceptors (Lipinski definition) is 2. The molecule has 1 aromatic carbocycles. The summed E-state index contributed by atoms with van der Waals surface area (Å²) >= 11 is 0. The van der Waals surface area contributed by atoms with Gasteiger partial charge in [0.15, 0.2) is 0 Å². The molecule has 1 heterocycles. The number of rotatable bonds is 0. The molecule has 49 valence electrons. The second-order valence-corrected chi connectivity index (χ2v) is 2.03. The Morgan fingerprint density at radius 3 is 3.20 bits per heavy atom. The summed E-state index contributed by atoms with van der Waals surface area (Å²) in [7, 11) is 0. The van der Waals surface area contributed by atoms with Crippen molar-refractivity contribution in [3.8, 4) is 5.75 Å². The molecule has 0 atom stereocenters. The van der Waals surface area contributed by atoms with Gasteiger partial charge in [-0.15, -0.1) is 0 Å². The van der Waals surface area contributed by atoms with Crippen molar-refractivity contribution < 1.29 is 4.74 Å². The molecule has 1 aromatic rings. The van der Waals surface area contributed by atoms with Gasteiger partial charge in [-0.05, 0) is 12.1 Å². The average Bonchev–Trinajstić information content (AvgIpc) is 2.05. The summed E-state index contributed by atoms with van der Waals surface area (Å²) in [5, 5.41) is 0. The molecule has 0 fully saturated rings. The summed E-state index contributed by atoms with van der Waals surface area (Å²) in [6.45, 7) is 0.469. The Hall–Kier alpha value is -1.31. The normalized spacial score (nSPS) is 14.0. The van der Waals surface area contributed by atoms with Crippen LogP contribution in [0.4, 0.5) is 5.69 Å². The standard InChI is InChI=1S/C8H6NO/c1-2-4-8-7(3-1)9-5-6-10-8/h1-4H,6H2. The lowest BCUT2D eigenvalue weighted by Gasteiger charge is -2.08. The highest BCUT2D eigenvalue weighted by molar-refractivity contribution is 5.70. The summed E-state index contributed by atoms with van der Waals surface area (Å²) in [4.78, 5) is 4.02. The Kier molecular flexibility index (Phi) is 1.17. The molecule has 2 nitrogen and oxygen atoms in total. The zero-order valence-electron chi connectivity index (χ0n) is 5.37. The van der Waals surface area contributed by atoms with Crippen LogP contribution < -0.4 is 4.74 Å². The number of aliphatic imine (C=N–C) groups is 1. The van der Waals surface area contributed by atoms with Crippen molar-refractivity contribution in [2.75, 3.05) is 6.61 Å². The van der Waals surface area contributed by atoms with E-state index in [1.54, 1.807) is 0 Å². The molecule has 0 bridgehead atoms. The van der Waals surface area contributed by atoms with Gasteiger partial charge >= 0.3 is 0 Å². The van der Waals surface area contributed by atoms with Crippen LogP contribution in [-0.4, -0.2) is 12.8 Å². The van der Waals surface area contributed by atoms with Crippen LogP contribution >= 0.6 is 0 Å². The zero-order chi connectivity index (χ0) is 6.81. The predicted molar refractivity (Wildman–Crippen MR) is 39.0 cm³/mol. The van der Waals surface area contributed by atoms with E-state index >= 15 is 0 Å². The molecule has 0 unspecified atom stereocenters. The molecule has 2 heteroatoms. The van der Waals surface area contributed by atoms with Crippen molar-refractivity contribution in [3.05, 3.63) is 24.3 Å². The molecule has 2 rings (SSSR count). The fraction of sp³-hybridized carbons (Fsp3) is 0.125. The monoisotopic (exact) mass is 132 g/mol. The maximum absolute atomic E-state index is 5.22. The molecule has 1 aliphatic rings. The van der Waals surface area contributed by atoms with E-state index in [4.69, 9.17) is 4.74 Å². The van der Waals surface area contributed by atoms with E-state index in [0.717, 1.165) is 11.4 Å². The maximum Gasteiger partial charge on any atom is 0.145 e. The predicted octanol–water partition coefficient (Wildman–Crippen LogP) is 1.66. The van der Waals surface area contributed by atoms with Gasteiger partial charge in [-0.2, -0.15) is 0 Å². The lowest BCUT2D eigenvalue weighted by molar-refractivity contribution is 0.377. The number of nitrogens with zero attached hydrogens (tertiary/aromatic N) is 1. The SMILES string of the molecule is [C]1=Nc2ccccc2OC1. The van der Waals surface area contributed by atoms with E-state index in [-0.39, 0.29) is 0 Å². The van der Waals surface area contributed by atoms with Gasteiger partial charge in [0, 0.05) is 0 Å². The van der Waals surface area contributed by atoms with E-state index in [0.29, 0.717) is 6.61 Å². The van der Waals surface area contributed by atoms with E-state index < -0.39 is 0 Å². The van der Waals surface area contributed by atoms with Gasteiger partial charge in [0.05, 0.1) is 0 Å². The first-order valence-corrected chi connectivity index (χ1v) is 3.12. The molecular weight excluding hydrogens is 126 g/mol. The second kappa shape index (κ2) is 2.14. The second-order valence-electron chi connectivity index (χ2n) is 2.03. The first kappa shape index (κ1) is 5.47. The van der Waals surface area contributed by atoms with E-state index in [9.17, 15) is 0 Å². The van der Waals surface area contributed by atoms with Crippen molar-refractivity contribution in [1.29, 1.82) is 0 Å². The third-order valence-corrected chi connectivity index (χ3v) is 1.36. The molecule has 0 saturated carbocycles. The fourth-order valence-corrected chi connectivity index (χ4v) is 0.899. The van der Waals surface area contributed by atoms with Gasteiger partial charge < -0.3 is 4.74 Å². The Morgan fingerprint density at radius 2 is 2.30 bits per heavy atom. The van der Waals surface area contributed by atoms with Gasteiger partial charge in [0.1, 0.15) is 24.3 Å². The number of benzene rings is 1. The minimum atomic E-state index is 0.469. The Bertz CT molecular complexity index is 268. The molecule has 0 spiro atoms. The highest BCUT2D eigenvalue weighted by Gasteiger charge is 2.03. The third kappa shape index (κ3) is 0.778. The molecule has 1 aliphatic heterocycles.